The molecular formula is C53H78N2O8. The molecule has 0 unspecified atom stereocenters. The van der Waals surface area contributed by atoms with Crippen molar-refractivity contribution >= 4 is 6.29 Å². The number of aldehydes is 1. The van der Waals surface area contributed by atoms with E-state index in [4.69, 9.17) is 9.47 Å². The van der Waals surface area contributed by atoms with Crippen LogP contribution in [0, 0.1) is 40.9 Å². The first kappa shape index (κ1) is 49.4. The first-order valence-electron chi connectivity index (χ1n) is 23.8. The van der Waals surface area contributed by atoms with Gasteiger partial charge < -0.3 is 40.3 Å². The molecule has 0 amide bonds. The Bertz CT molecular complexity index is 1860. The van der Waals surface area contributed by atoms with Gasteiger partial charge in [-0.3, -0.25) is 10.1 Å². The van der Waals surface area contributed by atoms with Gasteiger partial charge in [-0.05, 0) is 150 Å². The van der Waals surface area contributed by atoms with Crippen molar-refractivity contribution in [2.24, 2.45) is 40.9 Å². The molecule has 6 rings (SSSR count). The van der Waals surface area contributed by atoms with Crippen molar-refractivity contribution in [3.63, 3.8) is 0 Å². The maximum atomic E-state index is 13.0. The maximum Gasteiger partial charge on any atom is 0.145 e. The molecular weight excluding hydrogens is 793 g/mol. The van der Waals surface area contributed by atoms with Crippen molar-refractivity contribution in [1.82, 2.24) is 10.6 Å². The third-order valence-electron chi connectivity index (χ3n) is 16.0. The molecule has 0 radical (unpaired) electrons. The first-order chi connectivity index (χ1) is 30.4. The lowest BCUT2D eigenvalue weighted by Gasteiger charge is -2.61. The number of carbonyl (C=O) groups is 1. The quantitative estimate of drug-likeness (QED) is 0.0286. The molecule has 348 valence electrons. The summed E-state index contributed by atoms with van der Waals surface area (Å²) in [7, 11) is 3.62. The molecule has 1 aromatic carbocycles. The molecule has 1 heterocycles. The van der Waals surface area contributed by atoms with Crippen molar-refractivity contribution in [1.29, 1.82) is 0 Å². The smallest absolute Gasteiger partial charge is 0.145 e. The van der Waals surface area contributed by atoms with Gasteiger partial charge in [-0.2, -0.15) is 0 Å². The van der Waals surface area contributed by atoms with Crippen LogP contribution in [0.1, 0.15) is 95.6 Å². The van der Waals surface area contributed by atoms with E-state index in [9.17, 15) is 30.3 Å². The van der Waals surface area contributed by atoms with E-state index >= 15 is 0 Å². The average Bonchev–Trinajstić information content (AvgIpc) is 3.95. The molecule has 4 aliphatic carbocycles. The summed E-state index contributed by atoms with van der Waals surface area (Å²) in [5.41, 5.74) is 4.32. The molecule has 3 saturated carbocycles. The van der Waals surface area contributed by atoms with Gasteiger partial charge in [0, 0.05) is 43.1 Å². The summed E-state index contributed by atoms with van der Waals surface area (Å²) in [5, 5.41) is 64.5. The van der Waals surface area contributed by atoms with Gasteiger partial charge in [0.05, 0.1) is 31.5 Å². The SMILES string of the molecule is C=C(C=CC=C(COCCO)[C@H]1CC[C@]2([C@@H]1O)[C@H]1C(=C(C)C=O)[C@@H](C=C[C@@H]1CCO)C[C@]2(O)CCNC)[C@H]1CC=C(C)[C@@H](O)N[C@](CCOC)(C2CCCC2)Cc2cccc(c2)C1. The lowest BCUT2D eigenvalue weighted by Crippen LogP contribution is -2.65. The van der Waals surface area contributed by atoms with E-state index in [-0.39, 0.29) is 61.6 Å². The number of nitrogens with one attached hydrogen (secondary N) is 2. The number of ether oxygens (including phenoxy) is 2. The molecule has 10 atom stereocenters. The molecule has 3 fully saturated rings. The van der Waals surface area contributed by atoms with Gasteiger partial charge in [0.2, 0.25) is 0 Å². The number of hydrogen-bond acceptors (Lipinski definition) is 10. The molecule has 5 aliphatic rings. The molecule has 10 nitrogen and oxygen atoms in total. The molecule has 1 aliphatic heterocycles. The Hall–Kier alpha value is -3.03. The zero-order valence-electron chi connectivity index (χ0n) is 38.6. The Kier molecular flexibility index (Phi) is 17.6. The number of allylic oxidation sites excluding steroid dienone is 9. The monoisotopic (exact) mass is 871 g/mol. The van der Waals surface area contributed by atoms with Crippen molar-refractivity contribution in [2.75, 3.05) is 53.7 Å². The summed E-state index contributed by atoms with van der Waals surface area (Å²) >= 11 is 0. The molecule has 63 heavy (non-hydrogen) atoms. The fraction of sp³-hybridized carbons (Fsp3) is 0.642. The number of fused-ring (bicyclic) bond motifs is 5. The molecule has 1 spiro atoms. The highest BCUT2D eigenvalue weighted by molar-refractivity contribution is 5.74. The predicted molar refractivity (Wildman–Crippen MR) is 250 cm³/mol. The van der Waals surface area contributed by atoms with Crippen LogP contribution in [0.2, 0.25) is 0 Å². The second-order valence-electron chi connectivity index (χ2n) is 19.6. The van der Waals surface area contributed by atoms with Gasteiger partial charge in [-0.25, -0.2) is 0 Å². The lowest BCUT2D eigenvalue weighted by atomic mass is 9.45. The Balaban J connectivity index is 1.31. The van der Waals surface area contributed by atoms with Gasteiger partial charge in [0.15, 0.2) is 0 Å². The van der Waals surface area contributed by atoms with Crippen LogP contribution in [-0.4, -0.2) is 109 Å². The summed E-state index contributed by atoms with van der Waals surface area (Å²) in [6.45, 7) is 9.79. The molecule has 4 bridgehead atoms. The van der Waals surface area contributed by atoms with Crippen molar-refractivity contribution in [3.05, 3.63) is 106 Å². The number of aliphatic hydroxyl groups excluding tert-OH is 4. The number of hydrogen-bond donors (Lipinski definition) is 7. The molecule has 0 saturated heterocycles. The lowest BCUT2D eigenvalue weighted by molar-refractivity contribution is -0.194. The van der Waals surface area contributed by atoms with E-state index in [0.717, 1.165) is 60.7 Å². The van der Waals surface area contributed by atoms with Crippen LogP contribution in [0.4, 0.5) is 0 Å². The Morgan fingerprint density at radius 2 is 1.84 bits per heavy atom. The van der Waals surface area contributed by atoms with Gasteiger partial charge in [0.25, 0.3) is 0 Å². The number of benzene rings is 1. The van der Waals surface area contributed by atoms with Crippen LogP contribution in [0.25, 0.3) is 0 Å². The van der Waals surface area contributed by atoms with Gasteiger partial charge >= 0.3 is 0 Å². The van der Waals surface area contributed by atoms with Crippen LogP contribution in [0.15, 0.2) is 95.2 Å². The third-order valence-corrected chi connectivity index (χ3v) is 16.0. The largest absolute Gasteiger partial charge is 0.396 e. The number of rotatable bonds is 18. The van der Waals surface area contributed by atoms with Crippen LogP contribution in [0.3, 0.4) is 0 Å². The summed E-state index contributed by atoms with van der Waals surface area (Å²) in [4.78, 5) is 12.4. The standard InChI is InChI=1S/C53H78N2O8/c1-36(42-17-16-37(2)50(60)55-51(24-28-62-5,45-14-6-7-15-45)32-40-12-9-11-39(30-40)31-42)10-8-13-44(35-63-29-27-57)46-20-22-53(49(46)59)48-41(21-26-56)18-19-43(47(48)38(3)34-58)33-52(53,61)23-25-54-4/h8-13,16,18-19,30,34,41-43,45-46,48-50,54-57,59-61H,1,6-7,14-15,17,20-29,31-33,35H2,2-5H3/t41-,42+,43+,46-,48-,49-,50-,51+,52-,53-/m1/s1. The van der Waals surface area contributed by atoms with E-state index < -0.39 is 23.3 Å². The first-order valence-corrected chi connectivity index (χ1v) is 23.8. The van der Waals surface area contributed by atoms with E-state index in [0.29, 0.717) is 63.2 Å². The van der Waals surface area contributed by atoms with Crippen LogP contribution < -0.4 is 10.6 Å². The van der Waals surface area contributed by atoms with Crippen molar-refractivity contribution < 1.29 is 39.8 Å². The normalized spacial score (nSPS) is 34.8. The minimum absolute atomic E-state index is 0.0434. The van der Waals surface area contributed by atoms with Crippen LogP contribution in [0.5, 0.6) is 0 Å². The number of aliphatic hydroxyl groups is 5. The summed E-state index contributed by atoms with van der Waals surface area (Å²) in [6.07, 6.45) is 21.9. The average molecular weight is 871 g/mol. The van der Waals surface area contributed by atoms with Gasteiger partial charge in [-0.15, -0.1) is 0 Å². The zero-order chi connectivity index (χ0) is 45.2. The van der Waals surface area contributed by atoms with E-state index in [1.165, 1.54) is 24.0 Å². The Morgan fingerprint density at radius 3 is 2.56 bits per heavy atom. The zero-order valence-corrected chi connectivity index (χ0v) is 38.6. The molecule has 0 aromatic heterocycles. The minimum atomic E-state index is -1.24. The molecule has 7 N–H and O–H groups in total. The van der Waals surface area contributed by atoms with E-state index in [1.54, 1.807) is 7.11 Å². The number of methoxy groups -OCH3 is 1. The predicted octanol–water partition coefficient (Wildman–Crippen LogP) is 6.48. The summed E-state index contributed by atoms with van der Waals surface area (Å²) < 4.78 is 11.6. The molecule has 10 heteroatoms. The highest BCUT2D eigenvalue weighted by Crippen LogP contribution is 2.67. The summed E-state index contributed by atoms with van der Waals surface area (Å²) in [6, 6.07) is 8.90. The van der Waals surface area contributed by atoms with Crippen molar-refractivity contribution in [2.45, 2.75) is 121 Å². The molecule has 1 aromatic rings. The Labute approximate surface area is 377 Å². The number of carbonyl (C=O) groups excluding carboxylic acids is 1. The topological polar surface area (TPSA) is 161 Å². The van der Waals surface area contributed by atoms with Gasteiger partial charge in [-0.1, -0.05) is 91.3 Å². The van der Waals surface area contributed by atoms with Crippen LogP contribution in [-0.2, 0) is 27.1 Å². The second-order valence-corrected chi connectivity index (χ2v) is 19.6. The van der Waals surface area contributed by atoms with E-state index in [1.807, 2.05) is 39.1 Å². The van der Waals surface area contributed by atoms with Gasteiger partial charge in [0.1, 0.15) is 12.5 Å². The highest BCUT2D eigenvalue weighted by Gasteiger charge is 2.68. The summed E-state index contributed by atoms with van der Waals surface area (Å²) in [5.74, 6) is -0.463. The Morgan fingerprint density at radius 1 is 1.06 bits per heavy atom. The fourth-order valence-corrected chi connectivity index (χ4v) is 12.7. The highest BCUT2D eigenvalue weighted by atomic mass is 16.5. The van der Waals surface area contributed by atoms with Crippen molar-refractivity contribution in [3.8, 4) is 0 Å². The fourth-order valence-electron chi connectivity index (χ4n) is 12.7. The third kappa shape index (κ3) is 10.7. The second kappa shape index (κ2) is 22.4. The minimum Gasteiger partial charge on any atom is -0.396 e. The van der Waals surface area contributed by atoms with E-state index in [2.05, 4.69) is 59.7 Å². The van der Waals surface area contributed by atoms with Crippen LogP contribution >= 0.6 is 0 Å². The maximum absolute atomic E-state index is 13.0.